The van der Waals surface area contributed by atoms with Crippen molar-refractivity contribution in [1.29, 1.82) is 0 Å². The molecule has 1 aliphatic heterocycles. The van der Waals surface area contributed by atoms with E-state index in [1.807, 2.05) is 12.5 Å². The van der Waals surface area contributed by atoms with Crippen LogP contribution >= 0.6 is 24.0 Å². The van der Waals surface area contributed by atoms with Crippen molar-refractivity contribution in [2.45, 2.75) is 33.0 Å². The first-order valence-electron chi connectivity index (χ1n) is 11.0. The van der Waals surface area contributed by atoms with E-state index in [1.165, 1.54) is 22.3 Å². The van der Waals surface area contributed by atoms with Crippen LogP contribution < -0.4 is 5.32 Å². The van der Waals surface area contributed by atoms with E-state index in [2.05, 4.69) is 82.1 Å². The van der Waals surface area contributed by atoms with Crippen LogP contribution in [0.2, 0.25) is 0 Å². The molecule has 3 aromatic rings. The number of hydrogen-bond acceptors (Lipinski definition) is 3. The van der Waals surface area contributed by atoms with E-state index in [4.69, 9.17) is 9.73 Å². The van der Waals surface area contributed by atoms with E-state index in [9.17, 15) is 0 Å². The molecule has 4 rings (SSSR count). The molecular formula is C25H32IN5O. The van der Waals surface area contributed by atoms with Gasteiger partial charge in [-0.2, -0.15) is 0 Å². The summed E-state index contributed by atoms with van der Waals surface area (Å²) in [5, 5.41) is 3.46. The zero-order chi connectivity index (χ0) is 21.5. The van der Waals surface area contributed by atoms with Gasteiger partial charge in [0.2, 0.25) is 0 Å². The first kappa shape index (κ1) is 24.3. The number of aromatic nitrogens is 2. The lowest BCUT2D eigenvalue weighted by atomic mass is 10.0. The van der Waals surface area contributed by atoms with Crippen molar-refractivity contribution in [3.63, 3.8) is 0 Å². The fraction of sp³-hybridized carbons (Fsp3) is 0.360. The average Bonchev–Trinajstić information content (AvgIpc) is 3.31. The summed E-state index contributed by atoms with van der Waals surface area (Å²) in [5.74, 6) is 0.951. The minimum absolute atomic E-state index is 0. The third-order valence-electron chi connectivity index (χ3n) is 5.59. The lowest BCUT2D eigenvalue weighted by molar-refractivity contribution is -0.00834. The zero-order valence-electron chi connectivity index (χ0n) is 18.8. The van der Waals surface area contributed by atoms with Gasteiger partial charge in [0.25, 0.3) is 0 Å². The van der Waals surface area contributed by atoms with Gasteiger partial charge in [0.05, 0.1) is 26.0 Å². The number of rotatable bonds is 6. The fourth-order valence-corrected chi connectivity index (χ4v) is 3.91. The van der Waals surface area contributed by atoms with Crippen molar-refractivity contribution in [3.8, 4) is 0 Å². The van der Waals surface area contributed by atoms with Crippen molar-refractivity contribution in [3.05, 3.63) is 89.5 Å². The number of ether oxygens (including phenoxy) is 1. The van der Waals surface area contributed by atoms with Gasteiger partial charge >= 0.3 is 0 Å². The molecule has 0 spiro atoms. The highest BCUT2D eigenvalue weighted by molar-refractivity contribution is 14.0. The molecule has 32 heavy (non-hydrogen) atoms. The highest BCUT2D eigenvalue weighted by Crippen LogP contribution is 2.25. The number of benzene rings is 2. The minimum atomic E-state index is 0. The summed E-state index contributed by atoms with van der Waals surface area (Å²) < 4.78 is 8.16. The van der Waals surface area contributed by atoms with Crippen molar-refractivity contribution in [1.82, 2.24) is 19.8 Å². The molecule has 6 nitrogen and oxygen atoms in total. The predicted molar refractivity (Wildman–Crippen MR) is 139 cm³/mol. The maximum absolute atomic E-state index is 6.09. The maximum atomic E-state index is 6.09. The van der Waals surface area contributed by atoms with Gasteiger partial charge in [-0.15, -0.1) is 24.0 Å². The molecule has 0 aliphatic carbocycles. The molecule has 7 heteroatoms. The van der Waals surface area contributed by atoms with Crippen LogP contribution in [0.1, 0.15) is 35.3 Å². The van der Waals surface area contributed by atoms with Gasteiger partial charge in [0, 0.05) is 32.0 Å². The molecule has 1 aromatic heterocycles. The Morgan fingerprint density at radius 3 is 2.66 bits per heavy atom. The second-order valence-corrected chi connectivity index (χ2v) is 7.88. The molecule has 170 valence electrons. The van der Waals surface area contributed by atoms with Gasteiger partial charge in [-0.1, -0.05) is 48.5 Å². The number of hydrogen-bond donors (Lipinski definition) is 1. The van der Waals surface area contributed by atoms with Crippen LogP contribution in [0.5, 0.6) is 0 Å². The number of morpholine rings is 1. The Labute approximate surface area is 207 Å². The van der Waals surface area contributed by atoms with Crippen LogP contribution in [0.25, 0.3) is 0 Å². The van der Waals surface area contributed by atoms with Gasteiger partial charge in [0.15, 0.2) is 5.96 Å². The van der Waals surface area contributed by atoms with Crippen LogP contribution in [0.4, 0.5) is 0 Å². The standard InChI is InChI=1S/C25H31N5O.HI/c1-3-27-25(30-14-15-31-24(18-30)23-7-5-4-6-20(23)2)28-16-21-8-10-22(11-9-21)17-29-13-12-26-19-29;/h4-13,19,24H,3,14-18H2,1-2H3,(H,27,28);1H. The number of aliphatic imine (C=N–C) groups is 1. The fourth-order valence-electron chi connectivity index (χ4n) is 3.91. The van der Waals surface area contributed by atoms with E-state index in [0.29, 0.717) is 13.2 Å². The Bertz CT molecular complexity index is 988. The summed E-state index contributed by atoms with van der Waals surface area (Å²) in [4.78, 5) is 11.3. The summed E-state index contributed by atoms with van der Waals surface area (Å²) in [6.07, 6.45) is 5.70. The highest BCUT2D eigenvalue weighted by atomic mass is 127. The van der Waals surface area contributed by atoms with Gasteiger partial charge < -0.3 is 19.5 Å². The van der Waals surface area contributed by atoms with Crippen molar-refractivity contribution >= 4 is 29.9 Å². The lowest BCUT2D eigenvalue weighted by Gasteiger charge is -2.35. The van der Waals surface area contributed by atoms with Crippen molar-refractivity contribution in [2.75, 3.05) is 26.2 Å². The Balaban J connectivity index is 0.00000289. The first-order valence-corrected chi connectivity index (χ1v) is 11.0. The maximum Gasteiger partial charge on any atom is 0.194 e. The van der Waals surface area contributed by atoms with Crippen LogP contribution in [0, 0.1) is 6.92 Å². The van der Waals surface area contributed by atoms with E-state index in [1.54, 1.807) is 6.20 Å². The van der Waals surface area contributed by atoms with Gasteiger partial charge in [-0.25, -0.2) is 9.98 Å². The molecular weight excluding hydrogens is 513 g/mol. The first-order chi connectivity index (χ1) is 15.2. The van der Waals surface area contributed by atoms with Crippen LogP contribution in [0.3, 0.4) is 0 Å². The number of aryl methyl sites for hydroxylation is 1. The number of halogens is 1. The Morgan fingerprint density at radius 2 is 1.94 bits per heavy atom. The second kappa shape index (κ2) is 12.0. The molecule has 0 amide bonds. The van der Waals surface area contributed by atoms with E-state index < -0.39 is 0 Å². The lowest BCUT2D eigenvalue weighted by Crippen LogP contribution is -2.48. The van der Waals surface area contributed by atoms with E-state index in [0.717, 1.165) is 32.1 Å². The normalized spacial score (nSPS) is 16.5. The molecule has 1 aliphatic rings. The monoisotopic (exact) mass is 545 g/mol. The molecule has 0 bridgehead atoms. The quantitative estimate of drug-likeness (QED) is 0.284. The zero-order valence-corrected chi connectivity index (χ0v) is 21.1. The molecule has 1 fully saturated rings. The summed E-state index contributed by atoms with van der Waals surface area (Å²) in [5.41, 5.74) is 4.99. The molecule has 0 radical (unpaired) electrons. The smallest absolute Gasteiger partial charge is 0.194 e. The number of guanidine groups is 1. The van der Waals surface area contributed by atoms with Crippen molar-refractivity contribution < 1.29 is 4.74 Å². The molecule has 1 atom stereocenters. The summed E-state index contributed by atoms with van der Waals surface area (Å²) in [6, 6.07) is 17.1. The topological polar surface area (TPSA) is 54.7 Å². The van der Waals surface area contributed by atoms with E-state index in [-0.39, 0.29) is 30.1 Å². The third-order valence-corrected chi connectivity index (χ3v) is 5.59. The predicted octanol–water partition coefficient (Wildman–Crippen LogP) is 4.40. The minimum Gasteiger partial charge on any atom is -0.370 e. The van der Waals surface area contributed by atoms with Crippen LogP contribution in [-0.4, -0.2) is 46.7 Å². The largest absolute Gasteiger partial charge is 0.370 e. The average molecular weight is 545 g/mol. The van der Waals surface area contributed by atoms with E-state index >= 15 is 0 Å². The summed E-state index contributed by atoms with van der Waals surface area (Å²) in [6.45, 7) is 8.94. The van der Waals surface area contributed by atoms with Gasteiger partial charge in [0.1, 0.15) is 6.10 Å². The second-order valence-electron chi connectivity index (χ2n) is 7.88. The molecule has 2 heterocycles. The van der Waals surface area contributed by atoms with Crippen LogP contribution in [0.15, 0.2) is 72.2 Å². The summed E-state index contributed by atoms with van der Waals surface area (Å²) >= 11 is 0. The van der Waals surface area contributed by atoms with Gasteiger partial charge in [-0.05, 0) is 36.1 Å². The van der Waals surface area contributed by atoms with Gasteiger partial charge in [-0.3, -0.25) is 0 Å². The number of nitrogens with zero attached hydrogens (tertiary/aromatic N) is 4. The summed E-state index contributed by atoms with van der Waals surface area (Å²) in [7, 11) is 0. The molecule has 1 unspecified atom stereocenters. The SMILES string of the molecule is CCNC(=NCc1ccc(Cn2ccnc2)cc1)N1CCOC(c2ccccc2C)C1.I. The number of imidazole rings is 1. The third kappa shape index (κ3) is 6.32. The Kier molecular flexibility index (Phi) is 9.11. The molecule has 0 saturated carbocycles. The Morgan fingerprint density at radius 1 is 1.16 bits per heavy atom. The van der Waals surface area contributed by atoms with Crippen molar-refractivity contribution in [2.24, 2.45) is 4.99 Å². The van der Waals surface area contributed by atoms with Crippen LogP contribution in [-0.2, 0) is 17.8 Å². The highest BCUT2D eigenvalue weighted by Gasteiger charge is 2.25. The Hall–Kier alpha value is -2.39. The molecule has 1 saturated heterocycles. The molecule has 1 N–H and O–H groups in total. The molecule has 2 aromatic carbocycles. The number of nitrogens with one attached hydrogen (secondary N) is 1.